The Kier molecular flexibility index (Phi) is 3.00. The molecule has 98 valence electrons. The lowest BCUT2D eigenvalue weighted by molar-refractivity contribution is -0.136. The molecular formula is C13H18N2O3. The zero-order valence-electron chi connectivity index (χ0n) is 11.0. The van der Waals surface area contributed by atoms with Crippen LogP contribution in [0.3, 0.4) is 0 Å². The van der Waals surface area contributed by atoms with Gasteiger partial charge in [-0.2, -0.15) is 4.98 Å². The molecule has 2 rings (SSSR count). The van der Waals surface area contributed by atoms with Crippen molar-refractivity contribution in [1.29, 1.82) is 0 Å². The maximum Gasteiger partial charge on any atom is 0.348 e. The average Bonchev–Trinajstić information content (AvgIpc) is 2.21. The minimum absolute atomic E-state index is 0.0823. The SMILES string of the molecule is Cc1nc(=O)n(C2(C)CCC2)c(C)c1CC(=O)O. The largest absolute Gasteiger partial charge is 0.481 e. The average molecular weight is 250 g/mol. The van der Waals surface area contributed by atoms with Gasteiger partial charge in [0, 0.05) is 22.5 Å². The van der Waals surface area contributed by atoms with Crippen LogP contribution in [0.25, 0.3) is 0 Å². The van der Waals surface area contributed by atoms with Crippen LogP contribution >= 0.6 is 0 Å². The van der Waals surface area contributed by atoms with Crippen molar-refractivity contribution >= 4 is 5.97 Å². The summed E-state index contributed by atoms with van der Waals surface area (Å²) in [4.78, 5) is 26.9. The highest BCUT2D eigenvalue weighted by molar-refractivity contribution is 5.70. The van der Waals surface area contributed by atoms with Crippen LogP contribution in [0.15, 0.2) is 4.79 Å². The van der Waals surface area contributed by atoms with Crippen LogP contribution in [0, 0.1) is 13.8 Å². The number of carboxylic acids is 1. The summed E-state index contributed by atoms with van der Waals surface area (Å²) < 4.78 is 1.68. The van der Waals surface area contributed by atoms with E-state index in [1.54, 1.807) is 11.5 Å². The minimum atomic E-state index is -0.896. The van der Waals surface area contributed by atoms with E-state index in [1.807, 2.05) is 13.8 Å². The van der Waals surface area contributed by atoms with Crippen molar-refractivity contribution in [2.45, 2.75) is 52.0 Å². The van der Waals surface area contributed by atoms with E-state index in [9.17, 15) is 9.59 Å². The van der Waals surface area contributed by atoms with Crippen molar-refractivity contribution in [3.05, 3.63) is 27.4 Å². The van der Waals surface area contributed by atoms with Crippen LogP contribution in [0.1, 0.15) is 43.1 Å². The molecule has 0 atom stereocenters. The summed E-state index contributed by atoms with van der Waals surface area (Å²) in [5.74, 6) is -0.896. The normalized spacial score (nSPS) is 17.3. The Morgan fingerprint density at radius 2 is 2.06 bits per heavy atom. The summed E-state index contributed by atoms with van der Waals surface area (Å²) in [6.07, 6.45) is 2.92. The first-order valence-electron chi connectivity index (χ1n) is 6.16. The summed E-state index contributed by atoms with van der Waals surface area (Å²) in [5, 5.41) is 8.93. The molecule has 1 N–H and O–H groups in total. The maximum absolute atomic E-state index is 12.0. The lowest BCUT2D eigenvalue weighted by Crippen LogP contribution is -2.46. The number of rotatable bonds is 3. The van der Waals surface area contributed by atoms with Crippen LogP contribution < -0.4 is 5.69 Å². The van der Waals surface area contributed by atoms with Crippen molar-refractivity contribution in [1.82, 2.24) is 9.55 Å². The molecule has 5 heteroatoms. The predicted octanol–water partition coefficient (Wildman–Crippen LogP) is 1.39. The Hall–Kier alpha value is -1.65. The van der Waals surface area contributed by atoms with Crippen LogP contribution in [0.5, 0.6) is 0 Å². The summed E-state index contributed by atoms with van der Waals surface area (Å²) in [5.41, 5.74) is 1.49. The van der Waals surface area contributed by atoms with Crippen molar-refractivity contribution in [2.75, 3.05) is 0 Å². The molecule has 1 saturated carbocycles. The van der Waals surface area contributed by atoms with Crippen molar-refractivity contribution < 1.29 is 9.90 Å². The molecule has 0 aliphatic heterocycles. The molecule has 5 nitrogen and oxygen atoms in total. The molecule has 0 amide bonds. The molecule has 0 bridgehead atoms. The Bertz CT molecular complexity index is 556. The number of carboxylic acid groups (broad SMARTS) is 1. The highest BCUT2D eigenvalue weighted by atomic mass is 16.4. The van der Waals surface area contributed by atoms with Crippen molar-refractivity contribution in [3.63, 3.8) is 0 Å². The van der Waals surface area contributed by atoms with E-state index in [0.717, 1.165) is 25.0 Å². The summed E-state index contributed by atoms with van der Waals surface area (Å²) in [6, 6.07) is 0. The second kappa shape index (κ2) is 4.23. The smallest absolute Gasteiger partial charge is 0.348 e. The number of aliphatic carboxylic acids is 1. The van der Waals surface area contributed by atoms with E-state index in [2.05, 4.69) is 4.98 Å². The molecular weight excluding hydrogens is 232 g/mol. The molecule has 1 aliphatic carbocycles. The van der Waals surface area contributed by atoms with Gasteiger partial charge in [-0.15, -0.1) is 0 Å². The Balaban J connectivity index is 2.60. The molecule has 1 aliphatic rings. The minimum Gasteiger partial charge on any atom is -0.481 e. The molecule has 0 aromatic carbocycles. The fraction of sp³-hybridized carbons (Fsp3) is 0.615. The van der Waals surface area contributed by atoms with Crippen LogP contribution in [-0.4, -0.2) is 20.6 Å². The monoisotopic (exact) mass is 250 g/mol. The third kappa shape index (κ3) is 1.94. The Labute approximate surface area is 105 Å². The highest BCUT2D eigenvalue weighted by Gasteiger charge is 2.36. The predicted molar refractivity (Wildman–Crippen MR) is 66.8 cm³/mol. The van der Waals surface area contributed by atoms with E-state index < -0.39 is 5.97 Å². The number of aromatic nitrogens is 2. The summed E-state index contributed by atoms with van der Waals surface area (Å²) in [7, 11) is 0. The van der Waals surface area contributed by atoms with Gasteiger partial charge < -0.3 is 5.11 Å². The number of aryl methyl sites for hydroxylation is 1. The maximum atomic E-state index is 12.0. The highest BCUT2D eigenvalue weighted by Crippen LogP contribution is 2.38. The van der Waals surface area contributed by atoms with Gasteiger partial charge in [-0.3, -0.25) is 9.36 Å². The molecule has 18 heavy (non-hydrogen) atoms. The fourth-order valence-corrected chi connectivity index (χ4v) is 2.76. The van der Waals surface area contributed by atoms with Gasteiger partial charge in [-0.05, 0) is 40.0 Å². The fourth-order valence-electron chi connectivity index (χ4n) is 2.76. The van der Waals surface area contributed by atoms with Gasteiger partial charge in [0.1, 0.15) is 0 Å². The molecule has 1 fully saturated rings. The standard InChI is InChI=1S/C13H18N2O3/c1-8-10(7-11(16)17)9(2)15(12(18)14-8)13(3)5-4-6-13/h4-7H2,1-3H3,(H,16,17). The summed E-state index contributed by atoms with van der Waals surface area (Å²) in [6.45, 7) is 5.55. The first kappa shape index (κ1) is 12.8. The van der Waals surface area contributed by atoms with Crippen molar-refractivity contribution in [3.8, 4) is 0 Å². The van der Waals surface area contributed by atoms with Gasteiger partial charge in [0.05, 0.1) is 6.42 Å². The van der Waals surface area contributed by atoms with E-state index >= 15 is 0 Å². The van der Waals surface area contributed by atoms with Gasteiger partial charge in [-0.25, -0.2) is 4.79 Å². The number of carbonyl (C=O) groups is 1. The lowest BCUT2D eigenvalue weighted by Gasteiger charge is -2.41. The van der Waals surface area contributed by atoms with Gasteiger partial charge in [-0.1, -0.05) is 0 Å². The van der Waals surface area contributed by atoms with E-state index in [4.69, 9.17) is 5.11 Å². The molecule has 1 aromatic heterocycles. The van der Waals surface area contributed by atoms with E-state index in [0.29, 0.717) is 11.3 Å². The van der Waals surface area contributed by atoms with Crippen LogP contribution in [-0.2, 0) is 16.8 Å². The second-order valence-corrected chi connectivity index (χ2v) is 5.30. The molecule has 0 saturated heterocycles. The van der Waals surface area contributed by atoms with E-state index in [1.165, 1.54) is 0 Å². The Morgan fingerprint density at radius 3 is 2.50 bits per heavy atom. The molecule has 0 unspecified atom stereocenters. The first-order valence-corrected chi connectivity index (χ1v) is 6.16. The van der Waals surface area contributed by atoms with Gasteiger partial charge in [0.2, 0.25) is 0 Å². The first-order chi connectivity index (χ1) is 8.35. The number of hydrogen-bond acceptors (Lipinski definition) is 3. The van der Waals surface area contributed by atoms with Crippen LogP contribution in [0.4, 0.5) is 0 Å². The van der Waals surface area contributed by atoms with Gasteiger partial charge >= 0.3 is 11.7 Å². The third-order valence-electron chi connectivity index (χ3n) is 3.96. The summed E-state index contributed by atoms with van der Waals surface area (Å²) >= 11 is 0. The van der Waals surface area contributed by atoms with Crippen molar-refractivity contribution in [2.24, 2.45) is 0 Å². The zero-order valence-corrected chi connectivity index (χ0v) is 11.0. The van der Waals surface area contributed by atoms with E-state index in [-0.39, 0.29) is 17.6 Å². The third-order valence-corrected chi connectivity index (χ3v) is 3.96. The van der Waals surface area contributed by atoms with Gasteiger partial charge in [0.25, 0.3) is 0 Å². The Morgan fingerprint density at radius 1 is 1.44 bits per heavy atom. The molecule has 0 radical (unpaired) electrons. The lowest BCUT2D eigenvalue weighted by atomic mass is 9.78. The van der Waals surface area contributed by atoms with Crippen LogP contribution in [0.2, 0.25) is 0 Å². The molecule has 1 heterocycles. The topological polar surface area (TPSA) is 72.2 Å². The molecule has 0 spiro atoms. The molecule has 1 aromatic rings. The number of nitrogens with zero attached hydrogens (tertiary/aromatic N) is 2. The quantitative estimate of drug-likeness (QED) is 0.879. The zero-order chi connectivity index (χ0) is 13.5. The van der Waals surface area contributed by atoms with Gasteiger partial charge in [0.15, 0.2) is 0 Å². The number of hydrogen-bond donors (Lipinski definition) is 1. The second-order valence-electron chi connectivity index (χ2n) is 5.30.